The summed E-state index contributed by atoms with van der Waals surface area (Å²) in [6.07, 6.45) is 0. The molecular formula is C22H27FN2O3. The first-order valence-corrected chi connectivity index (χ1v) is 9.30. The van der Waals surface area contributed by atoms with Crippen molar-refractivity contribution < 1.29 is 18.7 Å². The highest BCUT2D eigenvalue weighted by atomic mass is 19.1. The van der Waals surface area contributed by atoms with Crippen molar-refractivity contribution in [2.75, 3.05) is 13.7 Å². The van der Waals surface area contributed by atoms with E-state index in [4.69, 9.17) is 4.74 Å². The lowest BCUT2D eigenvalue weighted by atomic mass is 10.0. The van der Waals surface area contributed by atoms with Crippen molar-refractivity contribution in [3.8, 4) is 5.75 Å². The number of likely N-dealkylation sites (N-methyl/N-ethyl adjacent to an activating group) is 1. The molecule has 1 atom stereocenters. The first-order valence-electron chi connectivity index (χ1n) is 9.30. The molecule has 0 aliphatic carbocycles. The molecule has 0 aliphatic heterocycles. The summed E-state index contributed by atoms with van der Waals surface area (Å²) < 4.78 is 18.8. The molecule has 2 rings (SSSR count). The molecule has 2 amide bonds. The number of halogens is 1. The average molecular weight is 386 g/mol. The van der Waals surface area contributed by atoms with Crippen LogP contribution in [0.25, 0.3) is 0 Å². The molecule has 0 heterocycles. The van der Waals surface area contributed by atoms with Crippen molar-refractivity contribution in [3.05, 3.63) is 65.5 Å². The summed E-state index contributed by atoms with van der Waals surface area (Å²) in [5, 5.41) is 2.55. The minimum Gasteiger partial charge on any atom is -0.484 e. The second-order valence-corrected chi connectivity index (χ2v) is 6.95. The lowest BCUT2D eigenvalue weighted by Gasteiger charge is -2.28. The molecule has 150 valence electrons. The third-order valence-electron chi connectivity index (χ3n) is 4.59. The summed E-state index contributed by atoms with van der Waals surface area (Å²) in [6.45, 7) is 5.85. The highest BCUT2D eigenvalue weighted by Gasteiger charge is 2.25. The molecule has 0 radical (unpaired) electrons. The van der Waals surface area contributed by atoms with Crippen LogP contribution in [0, 0.1) is 5.82 Å². The summed E-state index contributed by atoms with van der Waals surface area (Å²) in [4.78, 5) is 26.3. The van der Waals surface area contributed by atoms with Gasteiger partial charge in [-0.05, 0) is 48.2 Å². The SMILES string of the molecule is CNC(=O)[C@@H](C)N(Cc1ccc(F)cc1)C(=O)COc1ccc(C(C)C)cc1. The van der Waals surface area contributed by atoms with Gasteiger partial charge in [0.15, 0.2) is 6.61 Å². The van der Waals surface area contributed by atoms with Crippen molar-refractivity contribution in [3.63, 3.8) is 0 Å². The summed E-state index contributed by atoms with van der Waals surface area (Å²) in [5.41, 5.74) is 1.91. The molecule has 2 aromatic rings. The summed E-state index contributed by atoms with van der Waals surface area (Å²) in [7, 11) is 1.52. The van der Waals surface area contributed by atoms with E-state index in [2.05, 4.69) is 19.2 Å². The van der Waals surface area contributed by atoms with Crippen molar-refractivity contribution in [2.24, 2.45) is 0 Å². The molecule has 0 saturated carbocycles. The van der Waals surface area contributed by atoms with Crippen molar-refractivity contribution in [2.45, 2.75) is 39.3 Å². The average Bonchev–Trinajstić information content (AvgIpc) is 2.70. The molecule has 2 aromatic carbocycles. The van der Waals surface area contributed by atoms with Gasteiger partial charge < -0.3 is 15.0 Å². The number of nitrogens with one attached hydrogen (secondary N) is 1. The Morgan fingerprint density at radius 3 is 2.18 bits per heavy atom. The number of nitrogens with zero attached hydrogens (tertiary/aromatic N) is 1. The minimum absolute atomic E-state index is 0.184. The van der Waals surface area contributed by atoms with Crippen molar-refractivity contribution in [1.29, 1.82) is 0 Å². The highest BCUT2D eigenvalue weighted by Crippen LogP contribution is 2.19. The number of hydrogen-bond donors (Lipinski definition) is 1. The Hall–Kier alpha value is -2.89. The molecule has 0 saturated heterocycles. The van der Waals surface area contributed by atoms with Crippen molar-refractivity contribution in [1.82, 2.24) is 10.2 Å². The van der Waals surface area contributed by atoms with Crippen LogP contribution in [-0.2, 0) is 16.1 Å². The maximum atomic E-state index is 13.1. The summed E-state index contributed by atoms with van der Waals surface area (Å²) in [5.74, 6) is 0.0432. The van der Waals surface area contributed by atoms with Crippen LogP contribution in [0.1, 0.15) is 37.8 Å². The van der Waals surface area contributed by atoms with Gasteiger partial charge >= 0.3 is 0 Å². The molecular weight excluding hydrogens is 359 g/mol. The molecule has 6 heteroatoms. The Morgan fingerprint density at radius 1 is 1.04 bits per heavy atom. The summed E-state index contributed by atoms with van der Waals surface area (Å²) >= 11 is 0. The van der Waals surface area contributed by atoms with Gasteiger partial charge in [0, 0.05) is 13.6 Å². The fraction of sp³-hybridized carbons (Fsp3) is 0.364. The Bertz CT molecular complexity index is 788. The molecule has 0 aromatic heterocycles. The molecule has 0 fully saturated rings. The van der Waals surface area contributed by atoms with Gasteiger partial charge in [-0.15, -0.1) is 0 Å². The van der Waals surface area contributed by atoms with Crippen LogP contribution in [0.2, 0.25) is 0 Å². The van der Waals surface area contributed by atoms with Crippen LogP contribution in [0.4, 0.5) is 4.39 Å². The lowest BCUT2D eigenvalue weighted by molar-refractivity contribution is -0.142. The molecule has 0 aliphatic rings. The van der Waals surface area contributed by atoms with Gasteiger partial charge in [-0.25, -0.2) is 4.39 Å². The van der Waals surface area contributed by atoms with E-state index in [0.717, 1.165) is 5.56 Å². The fourth-order valence-corrected chi connectivity index (χ4v) is 2.75. The van der Waals surface area contributed by atoms with E-state index in [0.29, 0.717) is 11.7 Å². The van der Waals surface area contributed by atoms with Gasteiger partial charge in [0.05, 0.1) is 0 Å². The number of rotatable bonds is 8. The topological polar surface area (TPSA) is 58.6 Å². The molecule has 5 nitrogen and oxygen atoms in total. The first-order chi connectivity index (χ1) is 13.3. The quantitative estimate of drug-likeness (QED) is 0.756. The Kier molecular flexibility index (Phi) is 7.55. The van der Waals surface area contributed by atoms with Gasteiger partial charge in [-0.2, -0.15) is 0 Å². The highest BCUT2D eigenvalue weighted by molar-refractivity contribution is 5.87. The zero-order chi connectivity index (χ0) is 20.7. The minimum atomic E-state index is -0.686. The maximum Gasteiger partial charge on any atom is 0.261 e. The van der Waals surface area contributed by atoms with E-state index >= 15 is 0 Å². The van der Waals surface area contributed by atoms with E-state index in [1.165, 1.54) is 29.6 Å². The Balaban J connectivity index is 2.09. The number of ether oxygens (including phenoxy) is 1. The standard InChI is InChI=1S/C22H27FN2O3/c1-15(2)18-7-11-20(12-8-18)28-14-21(26)25(16(3)22(27)24-4)13-17-5-9-19(23)10-6-17/h5-12,15-16H,13-14H2,1-4H3,(H,24,27)/t16-/m1/s1. The molecule has 0 unspecified atom stereocenters. The van der Waals surface area contributed by atoms with Crippen LogP contribution in [-0.4, -0.2) is 36.4 Å². The predicted octanol–water partition coefficient (Wildman–Crippen LogP) is 3.49. The Labute approximate surface area is 165 Å². The molecule has 1 N–H and O–H groups in total. The van der Waals surface area contributed by atoms with E-state index in [9.17, 15) is 14.0 Å². The van der Waals surface area contributed by atoms with Crippen LogP contribution in [0.5, 0.6) is 5.75 Å². The zero-order valence-electron chi connectivity index (χ0n) is 16.7. The normalized spacial score (nSPS) is 11.8. The van der Waals surface area contributed by atoms with Crippen LogP contribution < -0.4 is 10.1 Å². The van der Waals surface area contributed by atoms with E-state index < -0.39 is 6.04 Å². The number of benzene rings is 2. The molecule has 0 spiro atoms. The van der Waals surface area contributed by atoms with Gasteiger partial charge in [0.25, 0.3) is 5.91 Å². The zero-order valence-corrected chi connectivity index (χ0v) is 16.7. The second kappa shape index (κ2) is 9.88. The van der Waals surface area contributed by atoms with Gasteiger partial charge in [-0.3, -0.25) is 9.59 Å². The first kappa shape index (κ1) is 21.4. The number of carbonyl (C=O) groups excluding carboxylic acids is 2. The second-order valence-electron chi connectivity index (χ2n) is 6.95. The largest absolute Gasteiger partial charge is 0.484 e. The van der Waals surface area contributed by atoms with Crippen LogP contribution >= 0.6 is 0 Å². The molecule has 28 heavy (non-hydrogen) atoms. The monoisotopic (exact) mass is 386 g/mol. The predicted molar refractivity (Wildman–Crippen MR) is 107 cm³/mol. The third-order valence-corrected chi connectivity index (χ3v) is 4.59. The third kappa shape index (κ3) is 5.81. The van der Waals surface area contributed by atoms with Gasteiger partial charge in [-0.1, -0.05) is 38.1 Å². The van der Waals surface area contributed by atoms with E-state index in [1.807, 2.05) is 24.3 Å². The smallest absolute Gasteiger partial charge is 0.261 e. The van der Waals surface area contributed by atoms with Gasteiger partial charge in [0.2, 0.25) is 5.91 Å². The Morgan fingerprint density at radius 2 is 1.64 bits per heavy atom. The maximum absolute atomic E-state index is 13.1. The lowest BCUT2D eigenvalue weighted by Crippen LogP contribution is -2.48. The summed E-state index contributed by atoms with van der Waals surface area (Å²) in [6, 6.07) is 12.8. The number of carbonyl (C=O) groups is 2. The fourth-order valence-electron chi connectivity index (χ4n) is 2.75. The van der Waals surface area contributed by atoms with E-state index in [1.54, 1.807) is 19.1 Å². The van der Waals surface area contributed by atoms with Crippen LogP contribution in [0.15, 0.2) is 48.5 Å². The number of amides is 2. The van der Waals surface area contributed by atoms with E-state index in [-0.39, 0.29) is 30.8 Å². The molecule has 0 bridgehead atoms. The van der Waals surface area contributed by atoms with Crippen molar-refractivity contribution >= 4 is 11.8 Å². The van der Waals surface area contributed by atoms with Gasteiger partial charge in [0.1, 0.15) is 17.6 Å². The number of hydrogen-bond acceptors (Lipinski definition) is 3. The van der Waals surface area contributed by atoms with Crippen LogP contribution in [0.3, 0.4) is 0 Å².